The molecule has 0 aliphatic heterocycles. The molecule has 0 saturated carbocycles. The van der Waals surface area contributed by atoms with Gasteiger partial charge in [0.05, 0.1) is 18.9 Å². The van der Waals surface area contributed by atoms with Crippen molar-refractivity contribution in [2.24, 2.45) is 12.0 Å². The Bertz CT molecular complexity index is 1180. The maximum atomic E-state index is 13.1. The van der Waals surface area contributed by atoms with Crippen LogP contribution in [0.1, 0.15) is 46.7 Å². The Hall–Kier alpha value is -3.81. The lowest BCUT2D eigenvalue weighted by Gasteiger charge is -2.14. The van der Waals surface area contributed by atoms with Gasteiger partial charge in [-0.2, -0.15) is 5.10 Å². The molecular weight excluding hydrogens is 442 g/mol. The van der Waals surface area contributed by atoms with Crippen molar-refractivity contribution in [1.29, 1.82) is 0 Å². The highest BCUT2D eigenvalue weighted by molar-refractivity contribution is 6.10. The molecule has 0 aliphatic rings. The second-order valence-corrected chi connectivity index (χ2v) is 8.23. The molecule has 2 N–H and O–H groups in total. The second-order valence-electron chi connectivity index (χ2n) is 8.23. The highest BCUT2D eigenvalue weighted by Gasteiger charge is 2.14. The van der Waals surface area contributed by atoms with Crippen LogP contribution in [0.2, 0.25) is 0 Å². The number of guanidine groups is 1. The molecule has 8 heteroatoms. The summed E-state index contributed by atoms with van der Waals surface area (Å²) in [4.78, 5) is 17.8. The fourth-order valence-corrected chi connectivity index (χ4v) is 3.71. The topological polar surface area (TPSA) is 89.8 Å². The Kier molecular flexibility index (Phi) is 8.89. The van der Waals surface area contributed by atoms with E-state index in [0.717, 1.165) is 29.1 Å². The van der Waals surface area contributed by atoms with Crippen molar-refractivity contribution in [3.05, 3.63) is 70.5 Å². The zero-order valence-corrected chi connectivity index (χ0v) is 21.4. The van der Waals surface area contributed by atoms with Gasteiger partial charge in [0.25, 0.3) is 5.91 Å². The summed E-state index contributed by atoms with van der Waals surface area (Å²) in [5, 5.41) is 10.6. The molecule has 1 amide bonds. The van der Waals surface area contributed by atoms with Crippen molar-refractivity contribution in [2.75, 3.05) is 25.1 Å². The summed E-state index contributed by atoms with van der Waals surface area (Å²) in [6, 6.07) is 13.1. The second kappa shape index (κ2) is 12.1. The minimum Gasteiger partial charge on any atom is -0.490 e. The number of anilines is 1. The number of amides is 1. The zero-order chi connectivity index (χ0) is 25.4. The van der Waals surface area contributed by atoms with E-state index in [1.54, 1.807) is 18.2 Å². The van der Waals surface area contributed by atoms with Gasteiger partial charge in [-0.05, 0) is 76.9 Å². The minimum absolute atomic E-state index is 0.291. The van der Waals surface area contributed by atoms with Crippen molar-refractivity contribution in [1.82, 2.24) is 15.1 Å². The number of carbonyl (C=O) groups is 1. The van der Waals surface area contributed by atoms with Crippen LogP contribution in [0, 0.1) is 20.8 Å². The van der Waals surface area contributed by atoms with Gasteiger partial charge in [-0.1, -0.05) is 17.7 Å². The van der Waals surface area contributed by atoms with Crippen LogP contribution in [0.15, 0.2) is 47.5 Å². The number of aliphatic imine (C=N–C) groups is 1. The highest BCUT2D eigenvalue weighted by atomic mass is 16.5. The molecule has 1 heterocycles. The summed E-state index contributed by atoms with van der Waals surface area (Å²) in [6.07, 6.45) is 0.720. The van der Waals surface area contributed by atoms with Crippen molar-refractivity contribution in [3.8, 4) is 11.5 Å². The largest absolute Gasteiger partial charge is 0.490 e. The number of rotatable bonds is 9. The third-order valence-corrected chi connectivity index (χ3v) is 5.64. The first-order valence-corrected chi connectivity index (χ1v) is 11.9. The van der Waals surface area contributed by atoms with E-state index in [9.17, 15) is 4.79 Å². The predicted molar refractivity (Wildman–Crippen MR) is 140 cm³/mol. The Morgan fingerprint density at radius 1 is 1.00 bits per heavy atom. The lowest BCUT2D eigenvalue weighted by molar-refractivity contribution is 0.0976. The van der Waals surface area contributed by atoms with Gasteiger partial charge in [0.2, 0.25) is 5.96 Å². The van der Waals surface area contributed by atoms with Crippen molar-refractivity contribution >= 4 is 17.6 Å². The number of aromatic nitrogens is 2. The van der Waals surface area contributed by atoms with Crippen molar-refractivity contribution in [3.63, 3.8) is 0 Å². The Labute approximate surface area is 207 Å². The van der Waals surface area contributed by atoms with E-state index in [4.69, 9.17) is 9.47 Å². The molecule has 0 saturated heterocycles. The summed E-state index contributed by atoms with van der Waals surface area (Å²) in [5.74, 6) is 1.24. The van der Waals surface area contributed by atoms with E-state index >= 15 is 0 Å². The molecule has 2 aromatic carbocycles. The molecule has 186 valence electrons. The molecule has 8 nitrogen and oxygen atoms in total. The van der Waals surface area contributed by atoms with Crippen LogP contribution in [-0.4, -0.2) is 41.4 Å². The van der Waals surface area contributed by atoms with E-state index in [1.165, 1.54) is 5.56 Å². The molecule has 0 aliphatic carbocycles. The molecule has 0 fully saturated rings. The predicted octanol–water partition coefficient (Wildman–Crippen LogP) is 4.58. The third kappa shape index (κ3) is 6.85. The van der Waals surface area contributed by atoms with Gasteiger partial charge in [-0.15, -0.1) is 0 Å². The van der Waals surface area contributed by atoms with Crippen LogP contribution in [0.3, 0.4) is 0 Å². The lowest BCUT2D eigenvalue weighted by Crippen LogP contribution is -2.36. The average molecular weight is 478 g/mol. The first kappa shape index (κ1) is 25.8. The highest BCUT2D eigenvalue weighted by Crippen LogP contribution is 2.28. The molecular formula is C27H35N5O3. The zero-order valence-electron chi connectivity index (χ0n) is 21.4. The van der Waals surface area contributed by atoms with Gasteiger partial charge in [-0.3, -0.25) is 19.8 Å². The van der Waals surface area contributed by atoms with E-state index in [0.29, 0.717) is 42.8 Å². The third-order valence-electron chi connectivity index (χ3n) is 5.64. The number of nitrogens with zero attached hydrogens (tertiary/aromatic N) is 3. The number of benzene rings is 2. The van der Waals surface area contributed by atoms with Gasteiger partial charge >= 0.3 is 0 Å². The molecule has 3 aromatic rings. The minimum atomic E-state index is -0.291. The molecule has 3 rings (SSSR count). The van der Waals surface area contributed by atoms with Crippen molar-refractivity contribution < 1.29 is 14.3 Å². The summed E-state index contributed by atoms with van der Waals surface area (Å²) in [7, 11) is 1.94. The van der Waals surface area contributed by atoms with Crippen LogP contribution in [0.5, 0.6) is 11.5 Å². The maximum Gasteiger partial charge on any atom is 0.258 e. The quantitative estimate of drug-likeness (QED) is 0.348. The van der Waals surface area contributed by atoms with E-state index < -0.39 is 0 Å². The Morgan fingerprint density at radius 2 is 1.69 bits per heavy atom. The van der Waals surface area contributed by atoms with Crippen LogP contribution >= 0.6 is 0 Å². The van der Waals surface area contributed by atoms with E-state index in [1.807, 2.05) is 70.6 Å². The molecule has 35 heavy (non-hydrogen) atoms. The average Bonchev–Trinajstić information content (AvgIpc) is 3.07. The van der Waals surface area contributed by atoms with Gasteiger partial charge in [0.1, 0.15) is 0 Å². The molecule has 0 spiro atoms. The van der Waals surface area contributed by atoms with Gasteiger partial charge in [0, 0.05) is 30.5 Å². The Balaban J connectivity index is 1.81. The number of carbonyl (C=O) groups excluding carboxylic acids is 1. The summed E-state index contributed by atoms with van der Waals surface area (Å²) >= 11 is 0. The lowest BCUT2D eigenvalue weighted by atomic mass is 10.1. The monoisotopic (exact) mass is 477 g/mol. The van der Waals surface area contributed by atoms with Gasteiger partial charge in [-0.25, -0.2) is 0 Å². The first-order chi connectivity index (χ1) is 16.8. The SMILES string of the molecule is CCOc1ccc(C(=O)NC(=NCCc2c(C)nn(C)c2C)Nc2ccc(C)cc2)cc1OCC. The smallest absolute Gasteiger partial charge is 0.258 e. The normalized spacial score (nSPS) is 11.3. The van der Waals surface area contributed by atoms with Gasteiger partial charge < -0.3 is 14.8 Å². The van der Waals surface area contributed by atoms with E-state index in [-0.39, 0.29) is 5.91 Å². The fourth-order valence-electron chi connectivity index (χ4n) is 3.71. The van der Waals surface area contributed by atoms with Crippen LogP contribution in [0.4, 0.5) is 5.69 Å². The molecule has 0 bridgehead atoms. The van der Waals surface area contributed by atoms with Crippen LogP contribution in [-0.2, 0) is 13.5 Å². The summed E-state index contributed by atoms with van der Waals surface area (Å²) in [5.41, 5.74) is 5.73. The summed E-state index contributed by atoms with van der Waals surface area (Å²) < 4.78 is 13.2. The maximum absolute atomic E-state index is 13.1. The Morgan fingerprint density at radius 3 is 2.31 bits per heavy atom. The number of nitrogens with one attached hydrogen (secondary N) is 2. The standard InChI is InChI=1S/C27H35N5O3/c1-7-34-24-14-11-21(17-25(24)35-8-2)26(33)30-27(29-22-12-9-18(3)10-13-22)28-16-15-23-19(4)31-32(6)20(23)5/h9-14,17H,7-8,15-16H2,1-6H3,(H2,28,29,30,33). The van der Waals surface area contributed by atoms with Gasteiger partial charge in [0.15, 0.2) is 11.5 Å². The number of ether oxygens (including phenoxy) is 2. The summed E-state index contributed by atoms with van der Waals surface area (Å²) in [6.45, 7) is 11.4. The van der Waals surface area contributed by atoms with Crippen molar-refractivity contribution in [2.45, 2.75) is 41.0 Å². The fraction of sp³-hybridized carbons (Fsp3) is 0.370. The van der Waals surface area contributed by atoms with E-state index in [2.05, 4.69) is 20.7 Å². The molecule has 0 radical (unpaired) electrons. The molecule has 0 atom stereocenters. The van der Waals surface area contributed by atoms with Crippen LogP contribution in [0.25, 0.3) is 0 Å². The first-order valence-electron chi connectivity index (χ1n) is 11.9. The molecule has 0 unspecified atom stereocenters. The number of aryl methyl sites for hydroxylation is 3. The number of hydrogen-bond donors (Lipinski definition) is 2. The van der Waals surface area contributed by atoms with Crippen LogP contribution < -0.4 is 20.1 Å². The number of hydrogen-bond acceptors (Lipinski definition) is 5. The molecule has 1 aromatic heterocycles.